The van der Waals surface area contributed by atoms with Gasteiger partial charge in [0.05, 0.1) is 23.8 Å². The number of aromatic nitrogens is 2. The van der Waals surface area contributed by atoms with Gasteiger partial charge in [0.25, 0.3) is 0 Å². The van der Waals surface area contributed by atoms with Crippen molar-refractivity contribution < 1.29 is 4.74 Å². The molecule has 5 aromatic rings. The van der Waals surface area contributed by atoms with Crippen molar-refractivity contribution in [3.63, 3.8) is 0 Å². The van der Waals surface area contributed by atoms with Crippen LogP contribution in [0.1, 0.15) is 18.4 Å². The fourth-order valence-electron chi connectivity index (χ4n) is 4.47. The third-order valence-corrected chi connectivity index (χ3v) is 5.90. The molecule has 0 fully saturated rings. The number of fused-ring (bicyclic) bond motifs is 4. The Kier molecular flexibility index (Phi) is 4.85. The summed E-state index contributed by atoms with van der Waals surface area (Å²) < 4.78 is 5.80. The Hall–Kier alpha value is -3.37. The predicted octanol–water partition coefficient (Wildman–Crippen LogP) is 5.83. The SMILES string of the molecule is COc1ccc2ncccc2c1-c1[nH]c2c(ccc3ccccc32)c1CCCCN. The number of rotatable bonds is 6. The molecule has 0 amide bonds. The van der Waals surface area contributed by atoms with E-state index in [2.05, 4.69) is 52.4 Å². The molecule has 0 bridgehead atoms. The zero-order chi connectivity index (χ0) is 20.5. The molecule has 150 valence electrons. The molecule has 3 N–H and O–H groups in total. The topological polar surface area (TPSA) is 63.9 Å². The van der Waals surface area contributed by atoms with Crippen LogP contribution in [0, 0.1) is 0 Å². The third-order valence-electron chi connectivity index (χ3n) is 5.90. The number of benzene rings is 3. The largest absolute Gasteiger partial charge is 0.496 e. The Morgan fingerprint density at radius 3 is 2.63 bits per heavy atom. The number of ether oxygens (including phenoxy) is 1. The number of hydrogen-bond donors (Lipinski definition) is 2. The lowest BCUT2D eigenvalue weighted by atomic mass is 9.96. The van der Waals surface area contributed by atoms with Crippen LogP contribution in [-0.4, -0.2) is 23.6 Å². The Morgan fingerprint density at radius 1 is 0.900 bits per heavy atom. The highest BCUT2D eigenvalue weighted by molar-refractivity contribution is 6.10. The van der Waals surface area contributed by atoms with Gasteiger partial charge in [0.2, 0.25) is 0 Å². The number of methoxy groups -OCH3 is 1. The fourth-order valence-corrected chi connectivity index (χ4v) is 4.47. The van der Waals surface area contributed by atoms with E-state index in [-0.39, 0.29) is 0 Å². The van der Waals surface area contributed by atoms with Gasteiger partial charge in [-0.1, -0.05) is 42.5 Å². The van der Waals surface area contributed by atoms with Crippen molar-refractivity contribution in [2.75, 3.05) is 13.7 Å². The Bertz CT molecular complexity index is 1350. The summed E-state index contributed by atoms with van der Waals surface area (Å²) in [6.45, 7) is 0.710. The van der Waals surface area contributed by atoms with E-state index >= 15 is 0 Å². The van der Waals surface area contributed by atoms with E-state index in [1.165, 1.54) is 27.2 Å². The molecule has 0 unspecified atom stereocenters. The van der Waals surface area contributed by atoms with Gasteiger partial charge >= 0.3 is 0 Å². The number of nitrogens with one attached hydrogen (secondary N) is 1. The number of aryl methyl sites for hydroxylation is 1. The van der Waals surface area contributed by atoms with Crippen LogP contribution >= 0.6 is 0 Å². The monoisotopic (exact) mass is 395 g/mol. The van der Waals surface area contributed by atoms with Crippen LogP contribution in [0.5, 0.6) is 5.75 Å². The summed E-state index contributed by atoms with van der Waals surface area (Å²) in [7, 11) is 1.73. The van der Waals surface area contributed by atoms with Crippen LogP contribution in [0.15, 0.2) is 66.9 Å². The third kappa shape index (κ3) is 3.01. The first-order valence-corrected chi connectivity index (χ1v) is 10.5. The summed E-state index contributed by atoms with van der Waals surface area (Å²) in [5.74, 6) is 0.853. The number of pyridine rings is 1. The van der Waals surface area contributed by atoms with Gasteiger partial charge in [-0.2, -0.15) is 0 Å². The minimum atomic E-state index is 0.710. The van der Waals surface area contributed by atoms with E-state index in [4.69, 9.17) is 10.5 Å². The standard InChI is InChI=1S/C26H25N3O/c1-30-23-14-13-22-21(10-6-16-28-22)24(23)26-19(9-4-5-15-27)20-12-11-17-7-2-3-8-18(17)25(20)29-26/h2-3,6-8,10-14,16,29H,4-5,9,15,27H2,1H3. The summed E-state index contributed by atoms with van der Waals surface area (Å²) in [6.07, 6.45) is 4.85. The second kappa shape index (κ2) is 7.81. The van der Waals surface area contributed by atoms with Crippen LogP contribution in [-0.2, 0) is 6.42 Å². The van der Waals surface area contributed by atoms with E-state index < -0.39 is 0 Å². The molecule has 4 nitrogen and oxygen atoms in total. The molecular formula is C26H25N3O. The van der Waals surface area contributed by atoms with Crippen molar-refractivity contribution >= 4 is 32.6 Å². The van der Waals surface area contributed by atoms with Gasteiger partial charge in [0.15, 0.2) is 0 Å². The van der Waals surface area contributed by atoms with Crippen molar-refractivity contribution in [3.8, 4) is 17.0 Å². The first-order chi connectivity index (χ1) is 14.8. The maximum Gasteiger partial charge on any atom is 0.128 e. The highest BCUT2D eigenvalue weighted by Gasteiger charge is 2.20. The summed E-state index contributed by atoms with van der Waals surface area (Å²) in [6, 6.07) is 21.1. The number of H-pyrrole nitrogens is 1. The molecule has 0 aliphatic rings. The van der Waals surface area contributed by atoms with E-state index in [0.717, 1.165) is 47.2 Å². The van der Waals surface area contributed by atoms with E-state index in [0.29, 0.717) is 6.54 Å². The molecule has 30 heavy (non-hydrogen) atoms. The van der Waals surface area contributed by atoms with Gasteiger partial charge in [0, 0.05) is 27.9 Å². The summed E-state index contributed by atoms with van der Waals surface area (Å²) in [5.41, 5.74) is 11.4. The van der Waals surface area contributed by atoms with Gasteiger partial charge in [0.1, 0.15) is 5.75 Å². The number of hydrogen-bond acceptors (Lipinski definition) is 3. The lowest BCUT2D eigenvalue weighted by Gasteiger charge is -2.13. The summed E-state index contributed by atoms with van der Waals surface area (Å²) in [4.78, 5) is 8.34. The Labute approximate surface area is 175 Å². The van der Waals surface area contributed by atoms with Crippen LogP contribution in [0.4, 0.5) is 0 Å². The number of aromatic amines is 1. The maximum atomic E-state index is 5.80. The van der Waals surface area contributed by atoms with Gasteiger partial charge in [-0.25, -0.2) is 0 Å². The van der Waals surface area contributed by atoms with Crippen LogP contribution in [0.3, 0.4) is 0 Å². The zero-order valence-corrected chi connectivity index (χ0v) is 17.1. The lowest BCUT2D eigenvalue weighted by molar-refractivity contribution is 0.417. The molecule has 0 aliphatic carbocycles. The van der Waals surface area contributed by atoms with Gasteiger partial charge in [-0.05, 0) is 55.0 Å². The Morgan fingerprint density at radius 2 is 1.77 bits per heavy atom. The van der Waals surface area contributed by atoms with Gasteiger partial charge in [-0.3, -0.25) is 4.98 Å². The molecule has 0 saturated heterocycles. The van der Waals surface area contributed by atoms with Crippen LogP contribution in [0.2, 0.25) is 0 Å². The fraction of sp³-hybridized carbons (Fsp3) is 0.192. The number of nitrogens with zero attached hydrogens (tertiary/aromatic N) is 1. The first-order valence-electron chi connectivity index (χ1n) is 10.5. The molecule has 0 saturated carbocycles. The molecule has 4 heteroatoms. The normalized spacial score (nSPS) is 11.5. The van der Waals surface area contributed by atoms with Crippen LogP contribution < -0.4 is 10.5 Å². The molecule has 3 aromatic carbocycles. The molecule has 0 aliphatic heterocycles. The van der Waals surface area contributed by atoms with Crippen molar-refractivity contribution in [3.05, 3.63) is 72.4 Å². The highest BCUT2D eigenvalue weighted by Crippen LogP contribution is 2.42. The predicted molar refractivity (Wildman–Crippen MR) is 125 cm³/mol. The Balaban J connectivity index is 1.85. The van der Waals surface area contributed by atoms with Gasteiger partial charge in [-0.15, -0.1) is 0 Å². The quantitative estimate of drug-likeness (QED) is 0.356. The van der Waals surface area contributed by atoms with Crippen molar-refractivity contribution in [1.82, 2.24) is 9.97 Å². The summed E-state index contributed by atoms with van der Waals surface area (Å²) >= 11 is 0. The van der Waals surface area contributed by atoms with Crippen molar-refractivity contribution in [2.45, 2.75) is 19.3 Å². The van der Waals surface area contributed by atoms with Crippen molar-refractivity contribution in [1.29, 1.82) is 0 Å². The van der Waals surface area contributed by atoms with Gasteiger partial charge < -0.3 is 15.5 Å². The average molecular weight is 396 g/mol. The smallest absolute Gasteiger partial charge is 0.128 e. The maximum absolute atomic E-state index is 5.80. The second-order valence-electron chi connectivity index (χ2n) is 7.65. The molecule has 2 heterocycles. The molecule has 0 radical (unpaired) electrons. The number of unbranched alkanes of at least 4 members (excludes halogenated alkanes) is 1. The van der Waals surface area contributed by atoms with Crippen molar-refractivity contribution in [2.24, 2.45) is 5.73 Å². The highest BCUT2D eigenvalue weighted by atomic mass is 16.5. The first kappa shape index (κ1) is 18.6. The number of nitrogens with two attached hydrogens (primary N) is 1. The molecule has 5 rings (SSSR count). The second-order valence-corrected chi connectivity index (χ2v) is 7.65. The zero-order valence-electron chi connectivity index (χ0n) is 17.1. The van der Waals surface area contributed by atoms with E-state index in [1.54, 1.807) is 7.11 Å². The summed E-state index contributed by atoms with van der Waals surface area (Å²) in [5, 5.41) is 4.83. The molecular weight excluding hydrogens is 370 g/mol. The molecule has 2 aromatic heterocycles. The lowest BCUT2D eigenvalue weighted by Crippen LogP contribution is -2.00. The minimum Gasteiger partial charge on any atom is -0.496 e. The van der Waals surface area contributed by atoms with Crippen LogP contribution in [0.25, 0.3) is 43.8 Å². The van der Waals surface area contributed by atoms with E-state index in [9.17, 15) is 0 Å². The average Bonchev–Trinajstić information content (AvgIpc) is 3.17. The molecule has 0 atom stereocenters. The molecule has 0 spiro atoms. The van der Waals surface area contributed by atoms with E-state index in [1.807, 2.05) is 24.4 Å². The minimum absolute atomic E-state index is 0.710.